The van der Waals surface area contributed by atoms with Crippen molar-refractivity contribution in [3.63, 3.8) is 0 Å². The molecule has 0 fully saturated rings. The number of carbonyl (C=O) groups is 2. The number of esters is 1. The number of alkyl halides is 3. The molecule has 0 aromatic heterocycles. The molecule has 0 N–H and O–H groups in total. The molecule has 0 aliphatic rings. The summed E-state index contributed by atoms with van der Waals surface area (Å²) in [7, 11) is 0. The Morgan fingerprint density at radius 2 is 1.88 bits per heavy atom. The van der Waals surface area contributed by atoms with Crippen LogP contribution in [0.2, 0.25) is 5.02 Å². The lowest BCUT2D eigenvalue weighted by molar-refractivity contribution is -0.302. The van der Waals surface area contributed by atoms with Gasteiger partial charge in [0.05, 0.1) is 10.6 Å². The van der Waals surface area contributed by atoms with Crippen LogP contribution in [0.4, 0.5) is 13.2 Å². The normalized spacial score (nSPS) is 11.1. The van der Waals surface area contributed by atoms with E-state index in [4.69, 9.17) is 11.6 Å². The van der Waals surface area contributed by atoms with Crippen molar-refractivity contribution >= 4 is 23.5 Å². The summed E-state index contributed by atoms with van der Waals surface area (Å²) in [6, 6.07) is 2.18. The molecule has 0 amide bonds. The van der Waals surface area contributed by atoms with Gasteiger partial charge in [-0.05, 0) is 18.2 Å². The van der Waals surface area contributed by atoms with Gasteiger partial charge in [0.15, 0.2) is 5.97 Å². The van der Waals surface area contributed by atoms with E-state index in [1.807, 2.05) is 0 Å². The number of aliphatic carboxylic acids is 1. The van der Waals surface area contributed by atoms with Crippen LogP contribution in [0.5, 0.6) is 5.75 Å². The summed E-state index contributed by atoms with van der Waals surface area (Å²) >= 11 is 5.29. The number of benzene rings is 1. The fourth-order valence-corrected chi connectivity index (χ4v) is 1.16. The lowest BCUT2D eigenvalue weighted by atomic mass is 10.2. The summed E-state index contributed by atoms with van der Waals surface area (Å²) in [5, 5.41) is 9.43. The molecule has 0 aliphatic carbocycles. The maximum Gasteiger partial charge on any atom is 0.417 e. The molecule has 92 valence electrons. The first-order chi connectivity index (χ1) is 7.71. The fraction of sp³-hybridized carbons (Fsp3) is 0.111. The number of hydrogen-bond acceptors (Lipinski definition) is 4. The van der Waals surface area contributed by atoms with Gasteiger partial charge in [-0.15, -0.1) is 0 Å². The number of rotatable bonds is 1. The zero-order valence-electron chi connectivity index (χ0n) is 7.88. The molecular weight excluding hydrogens is 265 g/mol. The Labute approximate surface area is 97.6 Å². The van der Waals surface area contributed by atoms with Crippen molar-refractivity contribution in [3.05, 3.63) is 28.8 Å². The summed E-state index contributed by atoms with van der Waals surface area (Å²) in [5.41, 5.74) is -1.23. The van der Waals surface area contributed by atoms with Gasteiger partial charge in [-0.25, -0.2) is 4.79 Å². The molecule has 4 nitrogen and oxygen atoms in total. The molecule has 1 aromatic carbocycles. The Bertz CT molecular complexity index is 470. The van der Waals surface area contributed by atoms with E-state index < -0.39 is 34.5 Å². The zero-order valence-corrected chi connectivity index (χ0v) is 8.63. The van der Waals surface area contributed by atoms with Crippen molar-refractivity contribution in [2.75, 3.05) is 0 Å². The summed E-state index contributed by atoms with van der Waals surface area (Å²) < 4.78 is 41.2. The quantitative estimate of drug-likeness (QED) is 0.433. The maximum absolute atomic E-state index is 12.4. The minimum Gasteiger partial charge on any atom is -0.539 e. The average molecular weight is 268 g/mol. The summed E-state index contributed by atoms with van der Waals surface area (Å²) in [6.07, 6.45) is -4.74. The van der Waals surface area contributed by atoms with E-state index in [9.17, 15) is 27.9 Å². The van der Waals surface area contributed by atoms with E-state index in [1.54, 1.807) is 0 Å². The molecule has 0 saturated heterocycles. The summed E-state index contributed by atoms with van der Waals surface area (Å²) in [4.78, 5) is 20.6. The number of ether oxygens (including phenoxy) is 1. The molecule has 0 radical (unpaired) electrons. The summed E-state index contributed by atoms with van der Waals surface area (Å²) in [5.74, 6) is -4.54. The molecule has 0 bridgehead atoms. The Balaban J connectivity index is 3.05. The Kier molecular flexibility index (Phi) is 3.62. The molecule has 8 heteroatoms. The Morgan fingerprint density at radius 1 is 1.29 bits per heavy atom. The minimum atomic E-state index is -4.74. The van der Waals surface area contributed by atoms with Crippen molar-refractivity contribution in [2.24, 2.45) is 0 Å². The predicted octanol–water partition coefficient (Wildman–Crippen LogP) is 1.01. The van der Waals surface area contributed by atoms with Crippen LogP contribution in [-0.2, 0) is 15.8 Å². The second-order valence-electron chi connectivity index (χ2n) is 2.82. The van der Waals surface area contributed by atoms with Crippen LogP contribution in [0.3, 0.4) is 0 Å². The highest BCUT2D eigenvalue weighted by molar-refractivity contribution is 6.31. The number of carboxylic acids is 1. The first-order valence-corrected chi connectivity index (χ1v) is 4.39. The molecule has 1 aromatic rings. The van der Waals surface area contributed by atoms with Crippen LogP contribution < -0.4 is 9.84 Å². The van der Waals surface area contributed by atoms with Gasteiger partial charge in [-0.1, -0.05) is 11.6 Å². The van der Waals surface area contributed by atoms with E-state index in [1.165, 1.54) is 0 Å². The van der Waals surface area contributed by atoms with Gasteiger partial charge < -0.3 is 14.6 Å². The molecule has 0 spiro atoms. The molecule has 17 heavy (non-hydrogen) atoms. The van der Waals surface area contributed by atoms with Gasteiger partial charge in [0.2, 0.25) is 0 Å². The van der Waals surface area contributed by atoms with Crippen LogP contribution in [0.15, 0.2) is 18.2 Å². The van der Waals surface area contributed by atoms with Gasteiger partial charge in [0, 0.05) is 0 Å². The zero-order chi connectivity index (χ0) is 13.2. The van der Waals surface area contributed by atoms with Crippen molar-refractivity contribution in [1.82, 2.24) is 0 Å². The highest BCUT2D eigenvalue weighted by atomic mass is 35.5. The number of halogens is 4. The third kappa shape index (κ3) is 3.35. The van der Waals surface area contributed by atoms with E-state index >= 15 is 0 Å². The van der Waals surface area contributed by atoms with Gasteiger partial charge in [0.25, 0.3) is 0 Å². The van der Waals surface area contributed by atoms with Gasteiger partial charge in [-0.2, -0.15) is 13.2 Å². The fourth-order valence-electron chi connectivity index (χ4n) is 0.934. The molecule has 0 aliphatic heterocycles. The van der Waals surface area contributed by atoms with Crippen LogP contribution in [0.25, 0.3) is 0 Å². The van der Waals surface area contributed by atoms with E-state index in [0.29, 0.717) is 6.07 Å². The minimum absolute atomic E-state index is 0.420. The molecular formula is C9H3ClF3O4-. The predicted molar refractivity (Wildman–Crippen MR) is 47.1 cm³/mol. The second-order valence-corrected chi connectivity index (χ2v) is 3.22. The maximum atomic E-state index is 12.4. The van der Waals surface area contributed by atoms with Crippen molar-refractivity contribution in [3.8, 4) is 5.75 Å². The monoisotopic (exact) mass is 267 g/mol. The number of carbonyl (C=O) groups excluding carboxylic acids is 2. The lowest BCUT2D eigenvalue weighted by Gasteiger charge is -2.11. The van der Waals surface area contributed by atoms with E-state index in [-0.39, 0.29) is 0 Å². The van der Waals surface area contributed by atoms with Gasteiger partial charge >= 0.3 is 12.1 Å². The SMILES string of the molecule is O=C([O-])C(=O)Oc1ccc(Cl)c(C(F)(F)F)c1. The lowest BCUT2D eigenvalue weighted by Crippen LogP contribution is -2.35. The van der Waals surface area contributed by atoms with Crippen molar-refractivity contribution in [2.45, 2.75) is 6.18 Å². The first kappa shape index (κ1) is 13.3. The van der Waals surface area contributed by atoms with E-state index in [0.717, 1.165) is 12.1 Å². The van der Waals surface area contributed by atoms with Crippen LogP contribution in [-0.4, -0.2) is 11.9 Å². The Hall–Kier alpha value is -1.76. The van der Waals surface area contributed by atoms with Crippen LogP contribution in [0.1, 0.15) is 5.56 Å². The van der Waals surface area contributed by atoms with Gasteiger partial charge in [-0.3, -0.25) is 0 Å². The number of hydrogen-bond donors (Lipinski definition) is 0. The second kappa shape index (κ2) is 4.62. The van der Waals surface area contributed by atoms with Crippen LogP contribution in [0, 0.1) is 0 Å². The molecule has 1 rings (SSSR count). The smallest absolute Gasteiger partial charge is 0.417 e. The highest BCUT2D eigenvalue weighted by Gasteiger charge is 2.33. The third-order valence-electron chi connectivity index (χ3n) is 1.62. The Morgan fingerprint density at radius 3 is 2.35 bits per heavy atom. The molecule has 0 heterocycles. The van der Waals surface area contributed by atoms with E-state index in [2.05, 4.69) is 4.74 Å². The summed E-state index contributed by atoms with van der Waals surface area (Å²) in [6.45, 7) is 0. The standard InChI is InChI=1S/C9H4ClF3O4/c10-6-2-1-4(17-8(16)7(14)15)3-5(6)9(11,12)13/h1-3H,(H,14,15)/p-1. The van der Waals surface area contributed by atoms with Crippen LogP contribution >= 0.6 is 11.6 Å². The van der Waals surface area contributed by atoms with Crippen molar-refractivity contribution in [1.29, 1.82) is 0 Å². The average Bonchev–Trinajstić information content (AvgIpc) is 2.19. The third-order valence-corrected chi connectivity index (χ3v) is 1.95. The first-order valence-electron chi connectivity index (χ1n) is 4.01. The largest absolute Gasteiger partial charge is 0.539 e. The molecule has 0 unspecified atom stereocenters. The van der Waals surface area contributed by atoms with Gasteiger partial charge in [0.1, 0.15) is 5.75 Å². The van der Waals surface area contributed by atoms with Crippen molar-refractivity contribution < 1.29 is 32.6 Å². The highest BCUT2D eigenvalue weighted by Crippen LogP contribution is 2.36. The number of carboxylic acid groups (broad SMARTS) is 1. The molecule has 0 atom stereocenters. The molecule has 0 saturated carbocycles. The topological polar surface area (TPSA) is 66.4 Å².